The Morgan fingerprint density at radius 3 is 2.21 bits per heavy atom. The fourth-order valence-corrected chi connectivity index (χ4v) is 5.06. The molecule has 2 unspecified atom stereocenters. The number of likely N-dealkylation sites (tertiary alicyclic amines) is 1. The number of ether oxygens (including phenoxy) is 1. The Balaban J connectivity index is 1.21. The van der Waals surface area contributed by atoms with E-state index < -0.39 is 29.7 Å². The second-order valence-corrected chi connectivity index (χ2v) is 9.20. The summed E-state index contributed by atoms with van der Waals surface area (Å²) in [5.41, 5.74) is 3.82. The van der Waals surface area contributed by atoms with Crippen LogP contribution in [0.5, 0.6) is 0 Å². The number of amides is 2. The highest BCUT2D eigenvalue weighted by atomic mass is 16.5. The second-order valence-electron chi connectivity index (χ2n) is 9.20. The molecule has 33 heavy (non-hydrogen) atoms. The lowest BCUT2D eigenvalue weighted by Crippen LogP contribution is -2.46. The van der Waals surface area contributed by atoms with Crippen molar-refractivity contribution in [2.75, 3.05) is 13.2 Å². The van der Waals surface area contributed by atoms with E-state index in [9.17, 15) is 24.6 Å². The zero-order valence-electron chi connectivity index (χ0n) is 18.1. The molecule has 1 saturated carbocycles. The van der Waals surface area contributed by atoms with E-state index in [2.05, 4.69) is 17.4 Å². The highest BCUT2D eigenvalue weighted by molar-refractivity contribution is 5.86. The first-order valence-corrected chi connectivity index (χ1v) is 11.2. The Labute approximate surface area is 191 Å². The van der Waals surface area contributed by atoms with Crippen LogP contribution in [0.2, 0.25) is 0 Å². The molecule has 1 saturated heterocycles. The Kier molecular flexibility index (Phi) is 5.32. The van der Waals surface area contributed by atoms with Crippen molar-refractivity contribution >= 4 is 18.0 Å². The Bertz CT molecular complexity index is 1070. The van der Waals surface area contributed by atoms with Gasteiger partial charge in [-0.05, 0) is 35.1 Å². The standard InChI is InChI=1S/C25H26N2O6/c28-15-11-21(23(30)31)27(13-15)22(29)12-25(9-10-25)26-24(32)33-14-20-18-7-3-1-5-16(18)17-6-2-4-8-19(17)20/h1-8,15,20-21,28H,9-14H2,(H,26,32)(H,30,31). The molecule has 1 aliphatic heterocycles. The van der Waals surface area contributed by atoms with E-state index in [1.54, 1.807) is 0 Å². The zero-order chi connectivity index (χ0) is 23.2. The van der Waals surface area contributed by atoms with Gasteiger partial charge in [0.15, 0.2) is 0 Å². The molecule has 2 fully saturated rings. The summed E-state index contributed by atoms with van der Waals surface area (Å²) in [5.74, 6) is -1.56. The van der Waals surface area contributed by atoms with E-state index in [1.165, 1.54) is 4.90 Å². The normalized spacial score (nSPS) is 22.4. The summed E-state index contributed by atoms with van der Waals surface area (Å²) >= 11 is 0. The summed E-state index contributed by atoms with van der Waals surface area (Å²) in [6, 6.07) is 15.1. The van der Waals surface area contributed by atoms with Crippen LogP contribution in [-0.4, -0.2) is 63.9 Å². The molecule has 1 heterocycles. The molecule has 2 amide bonds. The molecule has 0 bridgehead atoms. The molecule has 172 valence electrons. The number of carboxylic acid groups (broad SMARTS) is 1. The van der Waals surface area contributed by atoms with Crippen molar-refractivity contribution < 1.29 is 29.3 Å². The Morgan fingerprint density at radius 2 is 1.64 bits per heavy atom. The number of rotatable bonds is 6. The number of aliphatic hydroxyl groups is 1. The number of nitrogens with zero attached hydrogens (tertiary/aromatic N) is 1. The number of carbonyl (C=O) groups is 3. The molecule has 0 spiro atoms. The zero-order valence-corrected chi connectivity index (χ0v) is 18.1. The van der Waals surface area contributed by atoms with Crippen LogP contribution >= 0.6 is 0 Å². The van der Waals surface area contributed by atoms with Crippen molar-refractivity contribution in [1.29, 1.82) is 0 Å². The number of aliphatic carboxylic acids is 1. The Morgan fingerprint density at radius 1 is 1.03 bits per heavy atom. The van der Waals surface area contributed by atoms with Gasteiger partial charge in [0.2, 0.25) is 5.91 Å². The summed E-state index contributed by atoms with van der Waals surface area (Å²) < 4.78 is 5.59. The number of carbonyl (C=O) groups excluding carboxylic acids is 2. The predicted octanol–water partition coefficient (Wildman–Crippen LogP) is 2.49. The van der Waals surface area contributed by atoms with Crippen molar-refractivity contribution in [2.45, 2.75) is 49.3 Å². The minimum Gasteiger partial charge on any atom is -0.480 e. The number of hydrogen-bond donors (Lipinski definition) is 3. The molecule has 5 rings (SSSR count). The summed E-state index contributed by atoms with van der Waals surface area (Å²) in [5, 5.41) is 22.0. The lowest BCUT2D eigenvalue weighted by molar-refractivity contribution is -0.148. The van der Waals surface area contributed by atoms with Gasteiger partial charge >= 0.3 is 12.1 Å². The van der Waals surface area contributed by atoms with E-state index in [0.29, 0.717) is 12.8 Å². The number of carboxylic acids is 1. The lowest BCUT2D eigenvalue weighted by Gasteiger charge is -2.25. The average molecular weight is 450 g/mol. The van der Waals surface area contributed by atoms with Crippen LogP contribution in [0.15, 0.2) is 48.5 Å². The van der Waals surface area contributed by atoms with Crippen molar-refractivity contribution in [3.63, 3.8) is 0 Å². The summed E-state index contributed by atoms with van der Waals surface area (Å²) in [6.45, 7) is 0.181. The third kappa shape index (κ3) is 4.06. The third-order valence-corrected chi connectivity index (χ3v) is 6.94. The molecule has 2 aromatic rings. The molecular formula is C25H26N2O6. The van der Waals surface area contributed by atoms with Crippen LogP contribution < -0.4 is 5.32 Å². The number of β-amino-alcohol motifs (C(OH)–C–C–N with tert-alkyl or cyclic N) is 1. The third-order valence-electron chi connectivity index (χ3n) is 6.94. The van der Waals surface area contributed by atoms with E-state index >= 15 is 0 Å². The number of hydrogen-bond acceptors (Lipinski definition) is 5. The van der Waals surface area contributed by atoms with Crippen molar-refractivity contribution in [1.82, 2.24) is 10.2 Å². The molecule has 3 N–H and O–H groups in total. The molecule has 3 aliphatic rings. The molecule has 8 heteroatoms. The number of fused-ring (bicyclic) bond motifs is 3. The first-order chi connectivity index (χ1) is 15.9. The van der Waals surface area contributed by atoms with Crippen LogP contribution in [0, 0.1) is 0 Å². The highest BCUT2D eigenvalue weighted by Crippen LogP contribution is 2.45. The fourth-order valence-electron chi connectivity index (χ4n) is 5.06. The van der Waals surface area contributed by atoms with E-state index in [-0.39, 0.29) is 37.8 Å². The molecule has 0 radical (unpaired) electrons. The van der Waals surface area contributed by atoms with E-state index in [0.717, 1.165) is 22.3 Å². The average Bonchev–Trinajstić information content (AvgIpc) is 3.28. The van der Waals surface area contributed by atoms with Gasteiger partial charge in [-0.1, -0.05) is 48.5 Å². The topological polar surface area (TPSA) is 116 Å². The maximum Gasteiger partial charge on any atom is 0.407 e. The summed E-state index contributed by atoms with van der Waals surface area (Å²) in [6.07, 6.45) is -0.172. The van der Waals surface area contributed by atoms with Gasteiger partial charge in [0.25, 0.3) is 0 Å². The lowest BCUT2D eigenvalue weighted by atomic mass is 9.98. The summed E-state index contributed by atoms with van der Waals surface area (Å²) in [7, 11) is 0. The number of nitrogens with one attached hydrogen (secondary N) is 1. The van der Waals surface area contributed by atoms with Gasteiger partial charge in [0.1, 0.15) is 12.6 Å². The largest absolute Gasteiger partial charge is 0.480 e. The monoisotopic (exact) mass is 450 g/mol. The van der Waals surface area contributed by atoms with Crippen LogP contribution in [0.4, 0.5) is 4.79 Å². The van der Waals surface area contributed by atoms with E-state index in [1.807, 2.05) is 36.4 Å². The minimum atomic E-state index is -1.13. The minimum absolute atomic E-state index is 0.00315. The summed E-state index contributed by atoms with van der Waals surface area (Å²) in [4.78, 5) is 38.0. The second kappa shape index (κ2) is 8.19. The number of benzene rings is 2. The van der Waals surface area contributed by atoms with Crippen molar-refractivity contribution in [3.05, 3.63) is 59.7 Å². The van der Waals surface area contributed by atoms with Gasteiger partial charge < -0.3 is 25.2 Å². The molecule has 2 aliphatic carbocycles. The van der Waals surface area contributed by atoms with Crippen LogP contribution in [-0.2, 0) is 14.3 Å². The van der Waals surface area contributed by atoms with Gasteiger partial charge in [-0.15, -0.1) is 0 Å². The maximum absolute atomic E-state index is 12.7. The first-order valence-electron chi connectivity index (χ1n) is 11.2. The quantitative estimate of drug-likeness (QED) is 0.623. The maximum atomic E-state index is 12.7. The SMILES string of the molecule is O=C(NC1(CC(=O)N2CC(O)CC2C(=O)O)CC1)OCC1c2ccccc2-c2ccccc21. The van der Waals surface area contributed by atoms with Crippen LogP contribution in [0.1, 0.15) is 42.7 Å². The fraction of sp³-hybridized carbons (Fsp3) is 0.400. The van der Waals surface area contributed by atoms with Crippen LogP contribution in [0.25, 0.3) is 11.1 Å². The Hall–Kier alpha value is -3.39. The molecule has 8 nitrogen and oxygen atoms in total. The number of alkyl carbamates (subject to hydrolysis) is 1. The molecular weight excluding hydrogens is 424 g/mol. The predicted molar refractivity (Wildman–Crippen MR) is 119 cm³/mol. The van der Waals surface area contributed by atoms with Gasteiger partial charge in [-0.25, -0.2) is 9.59 Å². The highest BCUT2D eigenvalue weighted by Gasteiger charge is 2.49. The van der Waals surface area contributed by atoms with Crippen molar-refractivity contribution in [2.24, 2.45) is 0 Å². The number of aliphatic hydroxyl groups excluding tert-OH is 1. The smallest absolute Gasteiger partial charge is 0.407 e. The molecule has 0 aromatic heterocycles. The van der Waals surface area contributed by atoms with Crippen molar-refractivity contribution in [3.8, 4) is 11.1 Å². The first kappa shape index (κ1) is 21.5. The van der Waals surface area contributed by atoms with Gasteiger partial charge in [-0.2, -0.15) is 0 Å². The molecule has 2 aromatic carbocycles. The van der Waals surface area contributed by atoms with Gasteiger partial charge in [0.05, 0.1) is 18.1 Å². The van der Waals surface area contributed by atoms with Gasteiger partial charge in [-0.3, -0.25) is 4.79 Å². The van der Waals surface area contributed by atoms with Gasteiger partial charge in [0, 0.05) is 18.9 Å². The molecule has 2 atom stereocenters. The van der Waals surface area contributed by atoms with Crippen LogP contribution in [0.3, 0.4) is 0 Å². The van der Waals surface area contributed by atoms with E-state index in [4.69, 9.17) is 4.74 Å².